The van der Waals surface area contributed by atoms with Crippen LogP contribution in [0.1, 0.15) is 21.7 Å². The molecule has 1 aromatic rings. The fourth-order valence-electron chi connectivity index (χ4n) is 1.23. The number of aromatic carboxylic acids is 1. The monoisotopic (exact) mass is 169 g/mol. The van der Waals surface area contributed by atoms with E-state index in [1.807, 2.05) is 0 Å². The summed E-state index contributed by atoms with van der Waals surface area (Å²) in [7, 11) is 1.63. The molecule has 12 heavy (non-hydrogen) atoms. The first-order valence-corrected chi connectivity index (χ1v) is 3.57. The number of rotatable bonds is 2. The minimum Gasteiger partial charge on any atom is -0.477 e. The number of nitrogens with zero attached hydrogens (tertiary/aromatic N) is 1. The normalized spacial score (nSPS) is 10.2. The molecule has 0 atom stereocenters. The number of aliphatic hydroxyl groups is 1. The first kappa shape index (κ1) is 8.80. The number of carboxylic acid groups (broad SMARTS) is 1. The third-order valence-corrected chi connectivity index (χ3v) is 1.94. The van der Waals surface area contributed by atoms with E-state index in [4.69, 9.17) is 10.2 Å². The minimum atomic E-state index is -0.972. The van der Waals surface area contributed by atoms with Crippen molar-refractivity contribution in [1.82, 2.24) is 4.57 Å². The molecule has 1 aromatic heterocycles. The van der Waals surface area contributed by atoms with Crippen molar-refractivity contribution in [3.05, 3.63) is 23.0 Å². The summed E-state index contributed by atoms with van der Waals surface area (Å²) in [6.45, 7) is 1.65. The van der Waals surface area contributed by atoms with Gasteiger partial charge in [0, 0.05) is 12.7 Å². The van der Waals surface area contributed by atoms with Crippen LogP contribution in [-0.4, -0.2) is 20.7 Å². The second-order valence-electron chi connectivity index (χ2n) is 2.68. The summed E-state index contributed by atoms with van der Waals surface area (Å²) in [4.78, 5) is 10.6. The zero-order valence-corrected chi connectivity index (χ0v) is 7.03. The summed E-state index contributed by atoms with van der Waals surface area (Å²) < 4.78 is 1.48. The zero-order chi connectivity index (χ0) is 9.30. The molecule has 0 aliphatic heterocycles. The summed E-state index contributed by atoms with van der Waals surface area (Å²) in [6, 6.07) is 1.55. The highest BCUT2D eigenvalue weighted by molar-refractivity contribution is 5.86. The maximum absolute atomic E-state index is 10.6. The molecule has 0 saturated heterocycles. The number of aromatic nitrogens is 1. The molecule has 0 amide bonds. The lowest BCUT2D eigenvalue weighted by molar-refractivity contribution is 0.0686. The zero-order valence-electron chi connectivity index (χ0n) is 7.03. The third kappa shape index (κ3) is 1.21. The molecule has 2 N–H and O–H groups in total. The Hall–Kier alpha value is -1.29. The van der Waals surface area contributed by atoms with Gasteiger partial charge in [-0.1, -0.05) is 0 Å². The highest BCUT2D eigenvalue weighted by Crippen LogP contribution is 2.13. The maximum Gasteiger partial charge on any atom is 0.352 e. The molecule has 0 fully saturated rings. The topological polar surface area (TPSA) is 62.5 Å². The van der Waals surface area contributed by atoms with Crippen LogP contribution in [0.3, 0.4) is 0 Å². The Kier molecular flexibility index (Phi) is 2.19. The van der Waals surface area contributed by atoms with Gasteiger partial charge in [0.25, 0.3) is 0 Å². The van der Waals surface area contributed by atoms with Crippen LogP contribution in [0.15, 0.2) is 6.07 Å². The molecule has 1 rings (SSSR count). The smallest absolute Gasteiger partial charge is 0.352 e. The standard InChI is InChI=1S/C8H11NO3/c1-5-3-6(8(11)12)9(2)7(5)4-10/h3,10H,4H2,1-2H3,(H,11,12). The van der Waals surface area contributed by atoms with Gasteiger partial charge in [-0.2, -0.15) is 0 Å². The van der Waals surface area contributed by atoms with Gasteiger partial charge in [-0.15, -0.1) is 0 Å². The van der Waals surface area contributed by atoms with Gasteiger partial charge in [-0.25, -0.2) is 4.79 Å². The van der Waals surface area contributed by atoms with Crippen molar-refractivity contribution in [1.29, 1.82) is 0 Å². The quantitative estimate of drug-likeness (QED) is 0.678. The molecule has 0 unspecified atom stereocenters. The van der Waals surface area contributed by atoms with Crippen molar-refractivity contribution in [2.75, 3.05) is 0 Å². The summed E-state index contributed by atoms with van der Waals surface area (Å²) >= 11 is 0. The number of carboxylic acids is 1. The molecule has 0 saturated carbocycles. The van der Waals surface area contributed by atoms with Crippen LogP contribution in [-0.2, 0) is 13.7 Å². The molecular weight excluding hydrogens is 158 g/mol. The van der Waals surface area contributed by atoms with Crippen molar-refractivity contribution < 1.29 is 15.0 Å². The molecule has 1 heterocycles. The van der Waals surface area contributed by atoms with Crippen molar-refractivity contribution >= 4 is 5.97 Å². The molecule has 66 valence electrons. The highest BCUT2D eigenvalue weighted by atomic mass is 16.4. The third-order valence-electron chi connectivity index (χ3n) is 1.94. The lowest BCUT2D eigenvalue weighted by Crippen LogP contribution is -2.06. The molecule has 0 bridgehead atoms. The van der Waals surface area contributed by atoms with E-state index in [0.29, 0.717) is 5.69 Å². The number of aryl methyl sites for hydroxylation is 1. The van der Waals surface area contributed by atoms with Crippen LogP contribution >= 0.6 is 0 Å². The Labute approximate surface area is 70.1 Å². The van der Waals surface area contributed by atoms with Crippen molar-refractivity contribution in [3.8, 4) is 0 Å². The number of hydrogen-bond acceptors (Lipinski definition) is 2. The summed E-state index contributed by atoms with van der Waals surface area (Å²) in [5.41, 5.74) is 1.65. The van der Waals surface area contributed by atoms with E-state index in [1.165, 1.54) is 4.57 Å². The fraction of sp³-hybridized carbons (Fsp3) is 0.375. The van der Waals surface area contributed by atoms with E-state index in [0.717, 1.165) is 5.56 Å². The lowest BCUT2D eigenvalue weighted by atomic mass is 10.3. The van der Waals surface area contributed by atoms with Gasteiger partial charge >= 0.3 is 5.97 Å². The largest absolute Gasteiger partial charge is 0.477 e. The molecule has 0 spiro atoms. The van der Waals surface area contributed by atoms with Gasteiger partial charge in [-0.05, 0) is 18.6 Å². The van der Waals surface area contributed by atoms with Crippen LogP contribution in [0, 0.1) is 6.92 Å². The Morgan fingerprint density at radius 2 is 2.25 bits per heavy atom. The van der Waals surface area contributed by atoms with E-state index < -0.39 is 5.97 Å². The van der Waals surface area contributed by atoms with E-state index in [-0.39, 0.29) is 12.3 Å². The molecule has 0 radical (unpaired) electrons. The fourth-order valence-corrected chi connectivity index (χ4v) is 1.23. The predicted molar refractivity (Wildman–Crippen MR) is 43.0 cm³/mol. The first-order chi connectivity index (χ1) is 5.57. The molecule has 4 heteroatoms. The van der Waals surface area contributed by atoms with E-state index >= 15 is 0 Å². The summed E-state index contributed by atoms with van der Waals surface area (Å²) in [5.74, 6) is -0.972. The first-order valence-electron chi connectivity index (χ1n) is 3.57. The number of aliphatic hydroxyl groups excluding tert-OH is 1. The lowest BCUT2D eigenvalue weighted by Gasteiger charge is -2.01. The van der Waals surface area contributed by atoms with Crippen LogP contribution in [0.2, 0.25) is 0 Å². The van der Waals surface area contributed by atoms with Gasteiger partial charge in [0.15, 0.2) is 0 Å². The second-order valence-corrected chi connectivity index (χ2v) is 2.68. The second kappa shape index (κ2) is 2.98. The molecule has 0 aromatic carbocycles. The minimum absolute atomic E-state index is 0.129. The van der Waals surface area contributed by atoms with Gasteiger partial charge in [0.1, 0.15) is 5.69 Å². The SMILES string of the molecule is Cc1cc(C(=O)O)n(C)c1CO. The number of carbonyl (C=O) groups is 1. The average Bonchev–Trinajstić information content (AvgIpc) is 2.27. The Morgan fingerprint density at radius 3 is 2.50 bits per heavy atom. The van der Waals surface area contributed by atoms with Crippen LogP contribution < -0.4 is 0 Å². The average molecular weight is 169 g/mol. The summed E-state index contributed by atoms with van der Waals surface area (Å²) in [6.07, 6.45) is 0. The van der Waals surface area contributed by atoms with Gasteiger partial charge < -0.3 is 14.8 Å². The van der Waals surface area contributed by atoms with E-state index in [9.17, 15) is 4.79 Å². The van der Waals surface area contributed by atoms with E-state index in [2.05, 4.69) is 0 Å². The molecular formula is C8H11NO3. The summed E-state index contributed by atoms with van der Waals surface area (Å²) in [5, 5.41) is 17.6. The van der Waals surface area contributed by atoms with Crippen molar-refractivity contribution in [2.45, 2.75) is 13.5 Å². The van der Waals surface area contributed by atoms with Gasteiger partial charge in [0.05, 0.1) is 6.61 Å². The maximum atomic E-state index is 10.6. The Morgan fingerprint density at radius 1 is 1.67 bits per heavy atom. The van der Waals surface area contributed by atoms with Crippen LogP contribution in [0.25, 0.3) is 0 Å². The molecule has 0 aliphatic rings. The van der Waals surface area contributed by atoms with Crippen molar-refractivity contribution in [3.63, 3.8) is 0 Å². The molecule has 4 nitrogen and oxygen atoms in total. The Bertz CT molecular complexity index is 314. The Balaban J connectivity index is 3.26. The molecule has 0 aliphatic carbocycles. The van der Waals surface area contributed by atoms with Crippen LogP contribution in [0.5, 0.6) is 0 Å². The van der Waals surface area contributed by atoms with E-state index in [1.54, 1.807) is 20.0 Å². The highest BCUT2D eigenvalue weighted by Gasteiger charge is 2.13. The predicted octanol–water partition coefficient (Wildman–Crippen LogP) is 0.524. The number of hydrogen-bond donors (Lipinski definition) is 2. The van der Waals surface area contributed by atoms with Gasteiger partial charge in [0.2, 0.25) is 0 Å². The van der Waals surface area contributed by atoms with Gasteiger partial charge in [-0.3, -0.25) is 0 Å². The van der Waals surface area contributed by atoms with Crippen LogP contribution in [0.4, 0.5) is 0 Å². The van der Waals surface area contributed by atoms with Crippen molar-refractivity contribution in [2.24, 2.45) is 7.05 Å².